The van der Waals surface area contributed by atoms with E-state index in [2.05, 4.69) is 10.2 Å². The third-order valence-electron chi connectivity index (χ3n) is 7.31. The van der Waals surface area contributed by atoms with Crippen LogP contribution in [0.1, 0.15) is 24.0 Å². The van der Waals surface area contributed by atoms with Crippen molar-refractivity contribution in [1.29, 1.82) is 0 Å². The van der Waals surface area contributed by atoms with E-state index in [9.17, 15) is 41.3 Å². The third-order valence-corrected chi connectivity index (χ3v) is 7.31. The number of nitro benzene ring substituents is 1. The normalized spacial score (nSPS) is 17.4. The molecule has 2 aromatic rings. The van der Waals surface area contributed by atoms with Crippen LogP contribution in [-0.2, 0) is 12.4 Å². The van der Waals surface area contributed by atoms with Gasteiger partial charge < -0.3 is 20.0 Å². The summed E-state index contributed by atoms with van der Waals surface area (Å²) in [5.41, 5.74) is -2.18. The van der Waals surface area contributed by atoms with E-state index in [1.165, 1.54) is 18.2 Å². The molecule has 41 heavy (non-hydrogen) atoms. The van der Waals surface area contributed by atoms with Crippen LogP contribution in [0.5, 0.6) is 0 Å². The van der Waals surface area contributed by atoms with Crippen molar-refractivity contribution in [3.8, 4) is 0 Å². The Balaban J connectivity index is 1.23. The van der Waals surface area contributed by atoms with Crippen LogP contribution in [0, 0.1) is 10.1 Å². The fraction of sp³-hybridized carbons (Fsp3) is 0.500. The predicted molar refractivity (Wildman–Crippen MR) is 140 cm³/mol. The van der Waals surface area contributed by atoms with Crippen LogP contribution in [0.4, 0.5) is 48.2 Å². The molecule has 0 saturated carbocycles. The third kappa shape index (κ3) is 7.51. The van der Waals surface area contributed by atoms with Gasteiger partial charge in [0, 0.05) is 69.8 Å². The van der Waals surface area contributed by atoms with Crippen molar-refractivity contribution in [3.05, 3.63) is 63.7 Å². The van der Waals surface area contributed by atoms with Crippen LogP contribution in [0.3, 0.4) is 0 Å². The summed E-state index contributed by atoms with van der Waals surface area (Å²) < 4.78 is 78.3. The van der Waals surface area contributed by atoms with Crippen LogP contribution < -0.4 is 10.2 Å². The molecule has 0 aromatic heterocycles. The Bertz CT molecular complexity index is 1220. The van der Waals surface area contributed by atoms with Crippen molar-refractivity contribution >= 4 is 23.1 Å². The van der Waals surface area contributed by atoms with E-state index < -0.39 is 34.1 Å². The number of hydrogen-bond acceptors (Lipinski definition) is 6. The maximum atomic E-state index is 13.3. The van der Waals surface area contributed by atoms with Crippen LogP contribution in [0.25, 0.3) is 0 Å². The summed E-state index contributed by atoms with van der Waals surface area (Å²) in [5, 5.41) is 14.0. The zero-order valence-corrected chi connectivity index (χ0v) is 22.2. The molecular formula is C26H30F6N6O3. The second-order valence-electron chi connectivity index (χ2n) is 10.2. The lowest BCUT2D eigenvalue weighted by molar-refractivity contribution is -0.388. The first-order chi connectivity index (χ1) is 19.2. The molecular weight excluding hydrogens is 558 g/mol. The minimum atomic E-state index is -4.87. The number of urea groups is 1. The zero-order valence-electron chi connectivity index (χ0n) is 22.2. The number of nitrogens with zero attached hydrogens (tertiary/aromatic N) is 5. The molecule has 2 heterocycles. The zero-order chi connectivity index (χ0) is 29.9. The Labute approximate surface area is 232 Å². The van der Waals surface area contributed by atoms with Crippen LogP contribution in [0.15, 0.2) is 42.5 Å². The highest BCUT2D eigenvalue weighted by atomic mass is 19.4. The number of rotatable bonds is 6. The molecule has 2 aromatic carbocycles. The molecule has 2 aliphatic heterocycles. The molecule has 1 N–H and O–H groups in total. The number of anilines is 2. The van der Waals surface area contributed by atoms with Gasteiger partial charge in [0.05, 0.1) is 17.2 Å². The number of piperazine rings is 1. The Kier molecular flexibility index (Phi) is 8.85. The molecule has 2 saturated heterocycles. The molecule has 0 atom stereocenters. The highest BCUT2D eigenvalue weighted by molar-refractivity contribution is 5.74. The number of nitro groups is 1. The van der Waals surface area contributed by atoms with Gasteiger partial charge in [-0.2, -0.15) is 26.3 Å². The van der Waals surface area contributed by atoms with E-state index in [0.29, 0.717) is 64.5 Å². The second-order valence-corrected chi connectivity index (χ2v) is 10.2. The minimum absolute atomic E-state index is 0.125. The van der Waals surface area contributed by atoms with E-state index >= 15 is 0 Å². The Morgan fingerprint density at radius 3 is 2.10 bits per heavy atom. The first kappa shape index (κ1) is 30.2. The standard InChI is InChI=1S/C26H30F6N6O3/c1-34(17-35-12-14-36(15-13-35)21-5-2-18(3-6-21)25(27,28)29)24(39)37-10-8-19(9-11-37)33-20-4-7-23(38(40)41)22(16-20)26(30,31)32/h2-7,16,19,33H,8-15,17H2,1H3. The van der Waals surface area contributed by atoms with Crippen LogP contribution in [0.2, 0.25) is 0 Å². The summed E-state index contributed by atoms with van der Waals surface area (Å²) in [7, 11) is 1.68. The molecule has 2 aliphatic rings. The van der Waals surface area contributed by atoms with Crippen molar-refractivity contribution in [1.82, 2.24) is 14.7 Å². The quantitative estimate of drug-likeness (QED) is 0.279. The highest BCUT2D eigenvalue weighted by Gasteiger charge is 2.38. The van der Waals surface area contributed by atoms with Gasteiger partial charge in [-0.3, -0.25) is 15.0 Å². The van der Waals surface area contributed by atoms with Crippen molar-refractivity contribution in [2.75, 3.05) is 63.2 Å². The number of carbonyl (C=O) groups excluding carboxylic acids is 1. The Hall–Kier alpha value is -3.75. The summed E-state index contributed by atoms with van der Waals surface area (Å²) in [6.45, 7) is 3.61. The van der Waals surface area contributed by atoms with E-state index in [4.69, 9.17) is 0 Å². The summed E-state index contributed by atoms with van der Waals surface area (Å²) in [6.07, 6.45) is -8.27. The van der Waals surface area contributed by atoms with E-state index in [-0.39, 0.29) is 17.8 Å². The van der Waals surface area contributed by atoms with Gasteiger partial charge in [0.25, 0.3) is 5.69 Å². The Morgan fingerprint density at radius 2 is 1.56 bits per heavy atom. The summed E-state index contributed by atoms with van der Waals surface area (Å²) in [6, 6.07) is 7.50. The van der Waals surface area contributed by atoms with Crippen molar-refractivity contribution in [2.45, 2.75) is 31.2 Å². The molecule has 15 heteroatoms. The number of benzene rings is 2. The molecule has 224 valence electrons. The maximum absolute atomic E-state index is 13.3. The molecule has 9 nitrogen and oxygen atoms in total. The number of amides is 2. The fourth-order valence-corrected chi connectivity index (χ4v) is 5.07. The number of halogens is 6. The first-order valence-electron chi connectivity index (χ1n) is 13.0. The molecule has 0 bridgehead atoms. The van der Waals surface area contributed by atoms with Crippen molar-refractivity contribution in [3.63, 3.8) is 0 Å². The van der Waals surface area contributed by atoms with Crippen LogP contribution in [-0.4, -0.2) is 84.7 Å². The number of nitrogens with one attached hydrogen (secondary N) is 1. The lowest BCUT2D eigenvalue weighted by atomic mass is 10.0. The first-order valence-corrected chi connectivity index (χ1v) is 13.0. The molecule has 2 fully saturated rings. The summed E-state index contributed by atoms with van der Waals surface area (Å²) in [5.74, 6) is 0. The van der Waals surface area contributed by atoms with E-state index in [0.717, 1.165) is 24.3 Å². The van der Waals surface area contributed by atoms with Gasteiger partial charge in [0.15, 0.2) is 0 Å². The maximum Gasteiger partial charge on any atom is 0.423 e. The number of alkyl halides is 6. The van der Waals surface area contributed by atoms with E-state index in [1.807, 2.05) is 4.90 Å². The van der Waals surface area contributed by atoms with Gasteiger partial charge in [-0.25, -0.2) is 4.79 Å². The molecule has 4 rings (SSSR count). The lowest BCUT2D eigenvalue weighted by Crippen LogP contribution is -2.53. The monoisotopic (exact) mass is 588 g/mol. The molecule has 0 aliphatic carbocycles. The van der Waals surface area contributed by atoms with Gasteiger partial charge in [-0.1, -0.05) is 0 Å². The second kappa shape index (κ2) is 12.0. The summed E-state index contributed by atoms with van der Waals surface area (Å²) in [4.78, 5) is 30.3. The molecule has 0 radical (unpaired) electrons. The SMILES string of the molecule is CN(CN1CCN(c2ccc(C(F)(F)F)cc2)CC1)C(=O)N1CCC(Nc2ccc([N+](=O)[O-])c(C(F)(F)F)c2)CC1. The molecule has 2 amide bonds. The summed E-state index contributed by atoms with van der Waals surface area (Å²) >= 11 is 0. The predicted octanol–water partition coefficient (Wildman–Crippen LogP) is 5.34. The smallest absolute Gasteiger partial charge is 0.382 e. The van der Waals surface area contributed by atoms with Crippen molar-refractivity contribution < 1.29 is 36.1 Å². The average molecular weight is 589 g/mol. The molecule has 0 spiro atoms. The van der Waals surface area contributed by atoms with Gasteiger partial charge in [-0.15, -0.1) is 0 Å². The highest BCUT2D eigenvalue weighted by Crippen LogP contribution is 2.38. The average Bonchev–Trinajstić information content (AvgIpc) is 2.92. The number of likely N-dealkylation sites (tertiary alicyclic amines) is 1. The lowest BCUT2D eigenvalue weighted by Gasteiger charge is -2.40. The van der Waals surface area contributed by atoms with Gasteiger partial charge in [0.2, 0.25) is 0 Å². The topological polar surface area (TPSA) is 85.2 Å². The Morgan fingerprint density at radius 1 is 0.951 bits per heavy atom. The number of hydrogen-bond donors (Lipinski definition) is 1. The fourth-order valence-electron chi connectivity index (χ4n) is 5.07. The van der Waals surface area contributed by atoms with Crippen molar-refractivity contribution in [2.24, 2.45) is 0 Å². The van der Waals surface area contributed by atoms with Gasteiger partial charge in [-0.05, 0) is 49.2 Å². The number of carbonyl (C=O) groups is 1. The molecule has 0 unspecified atom stereocenters. The van der Waals surface area contributed by atoms with Crippen LogP contribution >= 0.6 is 0 Å². The van der Waals surface area contributed by atoms with Gasteiger partial charge in [0.1, 0.15) is 5.56 Å². The minimum Gasteiger partial charge on any atom is -0.382 e. The van der Waals surface area contributed by atoms with Gasteiger partial charge >= 0.3 is 18.4 Å². The largest absolute Gasteiger partial charge is 0.423 e. The van der Waals surface area contributed by atoms with E-state index in [1.54, 1.807) is 16.8 Å². The number of piperidine rings is 1.